The third-order valence-corrected chi connectivity index (χ3v) is 5.88. The van der Waals surface area contributed by atoms with Crippen molar-refractivity contribution in [3.05, 3.63) is 63.9 Å². The van der Waals surface area contributed by atoms with Gasteiger partial charge in [-0.3, -0.25) is 4.79 Å². The summed E-state index contributed by atoms with van der Waals surface area (Å²) in [5.41, 5.74) is 1.53. The van der Waals surface area contributed by atoms with E-state index in [4.69, 9.17) is 27.9 Å². The van der Waals surface area contributed by atoms with Crippen molar-refractivity contribution < 1.29 is 9.53 Å². The fourth-order valence-corrected chi connectivity index (χ4v) is 4.17. The van der Waals surface area contributed by atoms with E-state index in [0.717, 1.165) is 11.3 Å². The first kappa shape index (κ1) is 22.5. The molecular formula is C21H22Cl2N4O2S. The maximum Gasteiger partial charge on any atom is 0.234 e. The Bertz CT molecular complexity index is 1020. The van der Waals surface area contributed by atoms with Crippen LogP contribution in [0.1, 0.15) is 31.3 Å². The number of hydrogen-bond donors (Lipinski definition) is 1. The highest BCUT2D eigenvalue weighted by Crippen LogP contribution is 2.30. The lowest BCUT2D eigenvalue weighted by molar-refractivity contribution is -0.113. The molecule has 6 nitrogen and oxygen atoms in total. The zero-order chi connectivity index (χ0) is 21.7. The molecule has 0 aliphatic carbocycles. The standard InChI is InChI=1S/C21H22Cl2N4O2S/c1-4-27-20(14(3)29-15-8-5-7-13(2)11-15)25-26-21(27)30-12-18(28)24-19-16(22)9-6-10-17(19)23/h5-11,14H,4,12H2,1-3H3,(H,24,28). The van der Waals surface area contributed by atoms with Crippen LogP contribution in [0.5, 0.6) is 5.75 Å². The molecule has 0 fully saturated rings. The van der Waals surface area contributed by atoms with Crippen LogP contribution in [-0.2, 0) is 11.3 Å². The van der Waals surface area contributed by atoms with Crippen molar-refractivity contribution in [1.82, 2.24) is 14.8 Å². The Hall–Kier alpha value is -2.22. The minimum absolute atomic E-state index is 0.146. The molecule has 30 heavy (non-hydrogen) atoms. The van der Waals surface area contributed by atoms with Gasteiger partial charge in [0.15, 0.2) is 17.1 Å². The molecular weight excluding hydrogens is 443 g/mol. The van der Waals surface area contributed by atoms with E-state index in [9.17, 15) is 4.79 Å². The molecule has 0 saturated carbocycles. The minimum atomic E-state index is -0.288. The van der Waals surface area contributed by atoms with Crippen LogP contribution in [0.25, 0.3) is 0 Å². The normalized spacial score (nSPS) is 11.9. The Balaban J connectivity index is 1.66. The lowest BCUT2D eigenvalue weighted by atomic mass is 10.2. The highest BCUT2D eigenvalue weighted by Gasteiger charge is 2.20. The van der Waals surface area contributed by atoms with Gasteiger partial charge in [-0.15, -0.1) is 10.2 Å². The van der Waals surface area contributed by atoms with Gasteiger partial charge in [0.2, 0.25) is 5.91 Å². The van der Waals surface area contributed by atoms with Gasteiger partial charge >= 0.3 is 0 Å². The summed E-state index contributed by atoms with van der Waals surface area (Å²) in [5.74, 6) is 1.40. The highest BCUT2D eigenvalue weighted by molar-refractivity contribution is 7.99. The van der Waals surface area contributed by atoms with Crippen molar-refractivity contribution in [2.45, 2.75) is 38.6 Å². The van der Waals surface area contributed by atoms with E-state index >= 15 is 0 Å². The van der Waals surface area contributed by atoms with E-state index in [0.29, 0.717) is 33.3 Å². The molecule has 3 rings (SSSR count). The summed E-state index contributed by atoms with van der Waals surface area (Å²) in [6.45, 7) is 6.60. The van der Waals surface area contributed by atoms with E-state index < -0.39 is 0 Å². The molecule has 0 radical (unpaired) electrons. The number of aromatic nitrogens is 3. The van der Waals surface area contributed by atoms with Crippen molar-refractivity contribution >= 4 is 46.6 Å². The van der Waals surface area contributed by atoms with Gasteiger partial charge in [0.05, 0.1) is 21.5 Å². The Morgan fingerprint density at radius 1 is 1.20 bits per heavy atom. The van der Waals surface area contributed by atoms with Gasteiger partial charge in [0.25, 0.3) is 0 Å². The van der Waals surface area contributed by atoms with Crippen molar-refractivity contribution in [2.75, 3.05) is 11.1 Å². The predicted molar refractivity (Wildman–Crippen MR) is 122 cm³/mol. The summed E-state index contributed by atoms with van der Waals surface area (Å²) >= 11 is 13.5. The van der Waals surface area contributed by atoms with E-state index in [-0.39, 0.29) is 17.8 Å². The molecule has 1 heterocycles. The first-order chi connectivity index (χ1) is 14.4. The molecule has 0 bridgehead atoms. The quantitative estimate of drug-likeness (QED) is 0.427. The van der Waals surface area contributed by atoms with Gasteiger partial charge in [-0.1, -0.05) is 53.2 Å². The second-order valence-corrected chi connectivity index (χ2v) is 8.35. The van der Waals surface area contributed by atoms with Gasteiger partial charge in [-0.2, -0.15) is 0 Å². The average molecular weight is 465 g/mol. The Morgan fingerprint density at radius 3 is 2.57 bits per heavy atom. The van der Waals surface area contributed by atoms with Gasteiger partial charge in [0.1, 0.15) is 5.75 Å². The molecule has 1 aromatic heterocycles. The summed E-state index contributed by atoms with van der Waals surface area (Å²) in [4.78, 5) is 12.4. The number of amides is 1. The maximum absolute atomic E-state index is 12.4. The summed E-state index contributed by atoms with van der Waals surface area (Å²) in [5, 5.41) is 12.7. The fourth-order valence-electron chi connectivity index (χ4n) is 2.87. The number of benzene rings is 2. The molecule has 1 unspecified atom stereocenters. The molecule has 158 valence electrons. The maximum atomic E-state index is 12.4. The molecule has 1 atom stereocenters. The van der Waals surface area contributed by atoms with E-state index in [1.54, 1.807) is 18.2 Å². The highest BCUT2D eigenvalue weighted by atomic mass is 35.5. The van der Waals surface area contributed by atoms with Crippen LogP contribution in [0, 0.1) is 6.92 Å². The molecule has 0 aliphatic rings. The predicted octanol–water partition coefficient (Wildman–Crippen LogP) is 5.78. The largest absolute Gasteiger partial charge is 0.483 e. The Morgan fingerprint density at radius 2 is 1.90 bits per heavy atom. The second-order valence-electron chi connectivity index (χ2n) is 6.60. The summed E-state index contributed by atoms with van der Waals surface area (Å²) in [7, 11) is 0. The number of para-hydroxylation sites is 1. The molecule has 0 saturated heterocycles. The molecule has 1 amide bonds. The molecule has 9 heteroatoms. The van der Waals surface area contributed by atoms with Crippen LogP contribution >= 0.6 is 35.0 Å². The summed E-state index contributed by atoms with van der Waals surface area (Å²) in [6, 6.07) is 12.9. The lowest BCUT2D eigenvalue weighted by Crippen LogP contribution is -2.16. The molecule has 2 aromatic carbocycles. The number of ether oxygens (including phenoxy) is 1. The number of rotatable bonds is 8. The lowest BCUT2D eigenvalue weighted by Gasteiger charge is -2.16. The zero-order valence-corrected chi connectivity index (χ0v) is 19.2. The van der Waals surface area contributed by atoms with Gasteiger partial charge in [0, 0.05) is 6.54 Å². The number of hydrogen-bond acceptors (Lipinski definition) is 5. The molecule has 1 N–H and O–H groups in total. The first-order valence-electron chi connectivity index (χ1n) is 9.42. The second kappa shape index (κ2) is 10.2. The number of halogens is 2. The molecule has 0 aliphatic heterocycles. The molecule has 3 aromatic rings. The number of anilines is 1. The van der Waals surface area contributed by atoms with E-state index in [2.05, 4.69) is 15.5 Å². The number of aryl methyl sites for hydroxylation is 1. The zero-order valence-electron chi connectivity index (χ0n) is 16.9. The average Bonchev–Trinajstić information content (AvgIpc) is 3.12. The minimum Gasteiger partial charge on any atom is -0.483 e. The smallest absolute Gasteiger partial charge is 0.234 e. The van der Waals surface area contributed by atoms with Gasteiger partial charge in [-0.05, 0) is 50.6 Å². The number of nitrogens with one attached hydrogen (secondary N) is 1. The monoisotopic (exact) mass is 464 g/mol. The Kier molecular flexibility index (Phi) is 7.64. The van der Waals surface area contributed by atoms with Crippen LogP contribution < -0.4 is 10.1 Å². The number of carbonyl (C=O) groups excluding carboxylic acids is 1. The summed E-state index contributed by atoms with van der Waals surface area (Å²) < 4.78 is 7.97. The van der Waals surface area contributed by atoms with Crippen molar-refractivity contribution in [1.29, 1.82) is 0 Å². The SMILES string of the molecule is CCn1c(SCC(=O)Nc2c(Cl)cccc2Cl)nnc1C(C)Oc1cccc(C)c1. The van der Waals surface area contributed by atoms with E-state index in [1.165, 1.54) is 11.8 Å². The number of thioether (sulfide) groups is 1. The first-order valence-corrected chi connectivity index (χ1v) is 11.2. The third-order valence-electron chi connectivity index (χ3n) is 4.29. The topological polar surface area (TPSA) is 69.0 Å². The van der Waals surface area contributed by atoms with Crippen LogP contribution in [-0.4, -0.2) is 26.4 Å². The van der Waals surface area contributed by atoms with Crippen LogP contribution in [0.2, 0.25) is 10.0 Å². The van der Waals surface area contributed by atoms with Crippen molar-refractivity contribution in [3.8, 4) is 5.75 Å². The van der Waals surface area contributed by atoms with Gasteiger partial charge < -0.3 is 14.6 Å². The number of carbonyl (C=O) groups is 1. The van der Waals surface area contributed by atoms with Crippen molar-refractivity contribution in [3.63, 3.8) is 0 Å². The Labute approximate surface area is 189 Å². The fraction of sp³-hybridized carbons (Fsp3) is 0.286. The van der Waals surface area contributed by atoms with Crippen molar-refractivity contribution in [2.24, 2.45) is 0 Å². The molecule has 0 spiro atoms. The van der Waals surface area contributed by atoms with Gasteiger partial charge in [-0.25, -0.2) is 0 Å². The summed E-state index contributed by atoms with van der Waals surface area (Å²) in [6.07, 6.45) is -0.288. The third kappa shape index (κ3) is 5.47. The van der Waals surface area contributed by atoms with Crippen LogP contribution in [0.15, 0.2) is 47.6 Å². The van der Waals surface area contributed by atoms with Crippen LogP contribution in [0.4, 0.5) is 5.69 Å². The number of nitrogens with zero attached hydrogens (tertiary/aromatic N) is 3. The van der Waals surface area contributed by atoms with E-state index in [1.807, 2.05) is 49.6 Å². The van der Waals surface area contributed by atoms with Crippen LogP contribution in [0.3, 0.4) is 0 Å².